The molecule has 1 atom stereocenters. The van der Waals surface area contributed by atoms with Crippen LogP contribution in [0.15, 0.2) is 48.7 Å². The van der Waals surface area contributed by atoms with E-state index < -0.39 is 0 Å². The molecule has 3 N–H and O–H groups in total. The van der Waals surface area contributed by atoms with Gasteiger partial charge in [-0.15, -0.1) is 0 Å². The Hall–Kier alpha value is -3.73. The van der Waals surface area contributed by atoms with Gasteiger partial charge in [0.15, 0.2) is 0 Å². The summed E-state index contributed by atoms with van der Waals surface area (Å²) in [6.45, 7) is 6.59. The highest BCUT2D eigenvalue weighted by molar-refractivity contribution is 5.82. The predicted octanol–water partition coefficient (Wildman–Crippen LogP) is 2.92. The van der Waals surface area contributed by atoms with Gasteiger partial charge in [-0.05, 0) is 67.4 Å². The number of aromatic nitrogens is 2. The first-order chi connectivity index (χ1) is 19.7. The minimum Gasteiger partial charge on any atom is -0.496 e. The van der Waals surface area contributed by atoms with Gasteiger partial charge in [0.1, 0.15) is 5.75 Å². The van der Waals surface area contributed by atoms with E-state index in [-0.39, 0.29) is 11.9 Å². The summed E-state index contributed by atoms with van der Waals surface area (Å²) in [7, 11) is 1.68. The number of hydrogen-bond acceptors (Lipinski definition) is 9. The van der Waals surface area contributed by atoms with E-state index in [2.05, 4.69) is 55.0 Å². The van der Waals surface area contributed by atoms with Crippen LogP contribution in [0.2, 0.25) is 0 Å². The first-order valence-electron chi connectivity index (χ1n) is 14.1. The lowest BCUT2D eigenvalue weighted by molar-refractivity contribution is -0.125. The number of nitrogens with one attached hydrogen (secondary N) is 3. The molecular formula is C30H37N7O3. The normalized spacial score (nSPS) is 20.4. The number of hydrogen-bond donors (Lipinski definition) is 3. The highest BCUT2D eigenvalue weighted by Crippen LogP contribution is 2.31. The number of fused-ring (bicyclic) bond motifs is 8. The van der Waals surface area contributed by atoms with Gasteiger partial charge in [0.05, 0.1) is 32.1 Å². The number of morpholine rings is 1. The molecule has 6 bridgehead atoms. The van der Waals surface area contributed by atoms with Crippen molar-refractivity contribution >= 4 is 23.2 Å². The summed E-state index contributed by atoms with van der Waals surface area (Å²) in [6, 6.07) is 14.3. The maximum Gasteiger partial charge on any atom is 0.237 e. The van der Waals surface area contributed by atoms with E-state index in [9.17, 15) is 4.79 Å². The van der Waals surface area contributed by atoms with Crippen LogP contribution in [0.3, 0.4) is 0 Å². The summed E-state index contributed by atoms with van der Waals surface area (Å²) in [5, 5.41) is 10.0. The maximum absolute atomic E-state index is 13.2. The number of ether oxygens (including phenoxy) is 2. The Morgan fingerprint density at radius 1 is 1.02 bits per heavy atom. The van der Waals surface area contributed by atoms with Crippen LogP contribution in [0.5, 0.6) is 5.75 Å². The Kier molecular flexibility index (Phi) is 8.08. The third-order valence-electron chi connectivity index (χ3n) is 7.88. The second-order valence-corrected chi connectivity index (χ2v) is 10.5. The highest BCUT2D eigenvalue weighted by Gasteiger charge is 2.31. The van der Waals surface area contributed by atoms with Crippen LogP contribution in [0.4, 0.5) is 17.3 Å². The molecule has 210 valence electrons. The average molecular weight is 544 g/mol. The molecule has 2 saturated heterocycles. The molecular weight excluding hydrogens is 506 g/mol. The number of anilines is 3. The third-order valence-corrected chi connectivity index (χ3v) is 7.88. The molecule has 3 aliphatic heterocycles. The van der Waals surface area contributed by atoms with E-state index in [1.165, 1.54) is 11.3 Å². The van der Waals surface area contributed by atoms with Crippen molar-refractivity contribution < 1.29 is 14.3 Å². The van der Waals surface area contributed by atoms with Crippen molar-refractivity contribution in [1.82, 2.24) is 25.5 Å². The van der Waals surface area contributed by atoms with Crippen molar-refractivity contribution in [3.63, 3.8) is 0 Å². The monoisotopic (exact) mass is 543 g/mol. The lowest BCUT2D eigenvalue weighted by Crippen LogP contribution is -2.45. The third kappa shape index (κ3) is 5.89. The molecule has 2 aromatic carbocycles. The van der Waals surface area contributed by atoms with Gasteiger partial charge in [-0.1, -0.05) is 0 Å². The minimum atomic E-state index is -0.131. The predicted molar refractivity (Wildman–Crippen MR) is 155 cm³/mol. The quantitative estimate of drug-likeness (QED) is 0.450. The van der Waals surface area contributed by atoms with Crippen LogP contribution in [0.25, 0.3) is 11.3 Å². The molecule has 10 heteroatoms. The Morgan fingerprint density at radius 3 is 2.80 bits per heavy atom. The molecule has 2 fully saturated rings. The van der Waals surface area contributed by atoms with Gasteiger partial charge in [-0.2, -0.15) is 0 Å². The van der Waals surface area contributed by atoms with E-state index in [1.807, 2.05) is 18.2 Å². The fourth-order valence-corrected chi connectivity index (χ4v) is 5.83. The average Bonchev–Trinajstić information content (AvgIpc) is 3.45. The Labute approximate surface area is 235 Å². The van der Waals surface area contributed by atoms with Gasteiger partial charge in [0, 0.05) is 68.0 Å². The van der Waals surface area contributed by atoms with E-state index >= 15 is 0 Å². The molecule has 1 amide bonds. The summed E-state index contributed by atoms with van der Waals surface area (Å²) < 4.78 is 11.2. The molecule has 6 rings (SSSR count). The molecule has 3 aliphatic rings. The molecule has 0 spiro atoms. The van der Waals surface area contributed by atoms with Gasteiger partial charge in [-0.3, -0.25) is 9.69 Å². The topological polar surface area (TPSA) is 104 Å². The molecule has 1 aromatic heterocycles. The Balaban J connectivity index is 1.36. The molecule has 40 heavy (non-hydrogen) atoms. The second-order valence-electron chi connectivity index (χ2n) is 10.5. The molecule has 3 aromatic rings. The van der Waals surface area contributed by atoms with E-state index in [0.717, 1.165) is 73.9 Å². The summed E-state index contributed by atoms with van der Waals surface area (Å²) in [5.41, 5.74) is 6.14. The summed E-state index contributed by atoms with van der Waals surface area (Å²) >= 11 is 0. The number of rotatable bonds is 2. The highest BCUT2D eigenvalue weighted by atomic mass is 16.5. The van der Waals surface area contributed by atoms with Crippen molar-refractivity contribution in [2.45, 2.75) is 32.0 Å². The number of carbonyl (C=O) groups excluding carboxylic acids is 1. The molecule has 0 aliphatic carbocycles. The standard InChI is InChI=1S/C30H37N7O3/c1-39-28-7-4-21-17-22(28)19-31-10-11-32-29(38)27-3-2-12-37(27)20-23-18-24(34-30-33-9-8-25(21)35-30)5-6-26(23)36-13-15-40-16-14-36/h4-9,17-18,27,31H,2-3,10-16,19-20H2,1H3,(H,32,38)(H,33,34,35)/t27-/m0/s1. The van der Waals surface area contributed by atoms with Crippen LogP contribution < -0.4 is 25.6 Å². The zero-order valence-electron chi connectivity index (χ0n) is 23.0. The molecule has 0 radical (unpaired) electrons. The molecule has 0 saturated carbocycles. The molecule has 0 unspecified atom stereocenters. The van der Waals surface area contributed by atoms with Crippen molar-refractivity contribution in [3.05, 3.63) is 59.8 Å². The van der Waals surface area contributed by atoms with Crippen LogP contribution in [-0.2, 0) is 22.6 Å². The van der Waals surface area contributed by atoms with E-state index in [0.29, 0.717) is 32.1 Å². The van der Waals surface area contributed by atoms with Crippen molar-refractivity contribution in [2.75, 3.05) is 63.3 Å². The van der Waals surface area contributed by atoms with Gasteiger partial charge < -0.3 is 30.3 Å². The lowest BCUT2D eigenvalue weighted by Gasteiger charge is -2.32. The first kappa shape index (κ1) is 26.5. The molecule has 4 heterocycles. The zero-order valence-corrected chi connectivity index (χ0v) is 23.0. The van der Waals surface area contributed by atoms with Gasteiger partial charge in [0.2, 0.25) is 11.9 Å². The summed E-state index contributed by atoms with van der Waals surface area (Å²) in [6.07, 6.45) is 3.66. The SMILES string of the molecule is COc1ccc2cc1CNCCNC(=O)[C@@H]1CCCN1Cc1cc(ccc1N1CCOCC1)Nc1nccc-2n1. The number of nitrogens with zero attached hydrogens (tertiary/aromatic N) is 4. The van der Waals surface area contributed by atoms with Gasteiger partial charge >= 0.3 is 0 Å². The zero-order chi connectivity index (χ0) is 27.3. The van der Waals surface area contributed by atoms with Crippen LogP contribution in [0.1, 0.15) is 24.0 Å². The fourth-order valence-electron chi connectivity index (χ4n) is 5.83. The van der Waals surface area contributed by atoms with Crippen molar-refractivity contribution in [3.8, 4) is 17.0 Å². The van der Waals surface area contributed by atoms with Crippen molar-refractivity contribution in [1.29, 1.82) is 0 Å². The fraction of sp³-hybridized carbons (Fsp3) is 0.433. The first-order valence-corrected chi connectivity index (χ1v) is 14.1. The van der Waals surface area contributed by atoms with E-state index in [4.69, 9.17) is 14.5 Å². The number of carbonyl (C=O) groups is 1. The minimum absolute atomic E-state index is 0.100. The van der Waals surface area contributed by atoms with Crippen LogP contribution in [0, 0.1) is 0 Å². The van der Waals surface area contributed by atoms with Gasteiger partial charge in [0.25, 0.3) is 0 Å². The molecule has 10 nitrogen and oxygen atoms in total. The lowest BCUT2D eigenvalue weighted by atomic mass is 10.1. The summed E-state index contributed by atoms with van der Waals surface area (Å²) in [4.78, 5) is 27.3. The van der Waals surface area contributed by atoms with Crippen LogP contribution in [-0.4, -0.2) is 79.9 Å². The Morgan fingerprint density at radius 2 is 1.93 bits per heavy atom. The van der Waals surface area contributed by atoms with Crippen molar-refractivity contribution in [2.24, 2.45) is 0 Å². The number of methoxy groups -OCH3 is 1. The number of benzene rings is 2. The largest absolute Gasteiger partial charge is 0.496 e. The Bertz CT molecular complexity index is 1340. The number of amides is 1. The maximum atomic E-state index is 13.2. The van der Waals surface area contributed by atoms with Gasteiger partial charge in [-0.25, -0.2) is 9.97 Å². The smallest absolute Gasteiger partial charge is 0.237 e. The summed E-state index contributed by atoms with van der Waals surface area (Å²) in [5.74, 6) is 1.45. The van der Waals surface area contributed by atoms with E-state index in [1.54, 1.807) is 13.3 Å². The second kappa shape index (κ2) is 12.2. The van der Waals surface area contributed by atoms with Crippen LogP contribution >= 0.6 is 0 Å².